The van der Waals surface area contributed by atoms with Gasteiger partial charge in [0.25, 0.3) is 0 Å². The lowest BCUT2D eigenvalue weighted by molar-refractivity contribution is 0.193. The van der Waals surface area contributed by atoms with E-state index in [1.807, 2.05) is 11.3 Å². The summed E-state index contributed by atoms with van der Waals surface area (Å²) in [4.78, 5) is 3.92. The summed E-state index contributed by atoms with van der Waals surface area (Å²) in [5.41, 5.74) is 0. The molecule has 0 amide bonds. The summed E-state index contributed by atoms with van der Waals surface area (Å²) < 4.78 is 5.01. The second kappa shape index (κ2) is 9.59. The van der Waals surface area contributed by atoms with Gasteiger partial charge in [-0.3, -0.25) is 4.90 Å². The topological polar surface area (TPSA) is 24.5 Å². The fourth-order valence-corrected chi connectivity index (χ4v) is 2.42. The first-order valence-electron chi connectivity index (χ1n) is 6.31. The highest BCUT2D eigenvalue weighted by Gasteiger charge is 2.03. The summed E-state index contributed by atoms with van der Waals surface area (Å²) >= 11 is 1.84. The molecule has 0 aliphatic rings. The molecule has 1 heterocycles. The fraction of sp³-hybridized carbons (Fsp3) is 0.692. The van der Waals surface area contributed by atoms with Crippen molar-refractivity contribution in [2.24, 2.45) is 0 Å². The standard InChI is InChI=1S/C13H24N2OS/c1-3-15(12-13-6-4-11-17-13)9-8-14-7-5-10-16-2/h4,6,11,14H,3,5,7-10,12H2,1-2H3. The Kier molecular flexibility index (Phi) is 8.26. The molecule has 0 unspecified atom stereocenters. The van der Waals surface area contributed by atoms with Gasteiger partial charge in [-0.15, -0.1) is 11.3 Å². The molecule has 1 N–H and O–H groups in total. The predicted molar refractivity (Wildman–Crippen MR) is 74.6 cm³/mol. The number of methoxy groups -OCH3 is 1. The third kappa shape index (κ3) is 6.78. The van der Waals surface area contributed by atoms with Crippen LogP contribution in [0.3, 0.4) is 0 Å². The zero-order valence-electron chi connectivity index (χ0n) is 10.9. The van der Waals surface area contributed by atoms with Crippen LogP contribution in [-0.2, 0) is 11.3 Å². The zero-order valence-corrected chi connectivity index (χ0v) is 11.8. The van der Waals surface area contributed by atoms with Crippen LogP contribution in [0.2, 0.25) is 0 Å². The summed E-state index contributed by atoms with van der Waals surface area (Å²) in [6.45, 7) is 8.47. The van der Waals surface area contributed by atoms with E-state index >= 15 is 0 Å². The van der Waals surface area contributed by atoms with Gasteiger partial charge in [-0.05, 0) is 31.0 Å². The molecule has 1 aromatic heterocycles. The van der Waals surface area contributed by atoms with Gasteiger partial charge in [0.1, 0.15) is 0 Å². The van der Waals surface area contributed by atoms with E-state index in [0.29, 0.717) is 0 Å². The third-order valence-electron chi connectivity index (χ3n) is 2.71. The molecule has 3 nitrogen and oxygen atoms in total. The van der Waals surface area contributed by atoms with Crippen LogP contribution in [-0.4, -0.2) is 44.8 Å². The Morgan fingerprint density at radius 2 is 2.29 bits per heavy atom. The normalized spacial score (nSPS) is 11.2. The Morgan fingerprint density at radius 3 is 2.94 bits per heavy atom. The van der Waals surface area contributed by atoms with Gasteiger partial charge in [-0.2, -0.15) is 0 Å². The summed E-state index contributed by atoms with van der Waals surface area (Å²) in [6.07, 6.45) is 1.09. The lowest BCUT2D eigenvalue weighted by atomic mass is 10.4. The number of nitrogens with zero attached hydrogens (tertiary/aromatic N) is 1. The van der Waals surface area contributed by atoms with Gasteiger partial charge in [0.05, 0.1) is 0 Å². The number of thiophene rings is 1. The number of hydrogen-bond donors (Lipinski definition) is 1. The molecule has 0 saturated heterocycles. The Hall–Kier alpha value is -0.420. The molecular formula is C13H24N2OS. The lowest BCUT2D eigenvalue weighted by Gasteiger charge is -2.19. The van der Waals surface area contributed by atoms with Gasteiger partial charge in [0.15, 0.2) is 0 Å². The van der Waals surface area contributed by atoms with Crippen LogP contribution in [0.5, 0.6) is 0 Å². The van der Waals surface area contributed by atoms with Crippen molar-refractivity contribution in [1.82, 2.24) is 10.2 Å². The van der Waals surface area contributed by atoms with Crippen LogP contribution in [0.25, 0.3) is 0 Å². The second-order valence-electron chi connectivity index (χ2n) is 4.04. The SMILES string of the molecule is CCN(CCNCCCOC)Cc1cccs1. The highest BCUT2D eigenvalue weighted by atomic mass is 32.1. The maximum Gasteiger partial charge on any atom is 0.0474 e. The minimum atomic E-state index is 0.847. The molecule has 0 aromatic carbocycles. The van der Waals surface area contributed by atoms with Crippen LogP contribution < -0.4 is 5.32 Å². The van der Waals surface area contributed by atoms with E-state index in [1.54, 1.807) is 7.11 Å². The van der Waals surface area contributed by atoms with Crippen molar-refractivity contribution < 1.29 is 4.74 Å². The van der Waals surface area contributed by atoms with Crippen LogP contribution in [0.1, 0.15) is 18.2 Å². The number of nitrogens with one attached hydrogen (secondary N) is 1. The smallest absolute Gasteiger partial charge is 0.0474 e. The molecule has 0 atom stereocenters. The number of rotatable bonds is 10. The number of ether oxygens (including phenoxy) is 1. The van der Waals surface area contributed by atoms with E-state index in [1.165, 1.54) is 4.88 Å². The van der Waals surface area contributed by atoms with Gasteiger partial charge >= 0.3 is 0 Å². The van der Waals surface area contributed by atoms with Crippen molar-refractivity contribution in [3.63, 3.8) is 0 Å². The minimum Gasteiger partial charge on any atom is -0.385 e. The molecule has 0 fully saturated rings. The van der Waals surface area contributed by atoms with E-state index < -0.39 is 0 Å². The summed E-state index contributed by atoms with van der Waals surface area (Å²) in [6, 6.07) is 4.33. The van der Waals surface area contributed by atoms with Crippen molar-refractivity contribution in [3.05, 3.63) is 22.4 Å². The molecule has 0 radical (unpaired) electrons. The molecule has 1 rings (SSSR count). The molecule has 0 bridgehead atoms. The van der Waals surface area contributed by atoms with Crippen LogP contribution in [0, 0.1) is 0 Å². The van der Waals surface area contributed by atoms with Crippen molar-refractivity contribution in [1.29, 1.82) is 0 Å². The molecule has 0 aliphatic heterocycles. The summed E-state index contributed by atoms with van der Waals surface area (Å²) in [5, 5.41) is 5.59. The van der Waals surface area contributed by atoms with Gasteiger partial charge in [0.2, 0.25) is 0 Å². The maximum absolute atomic E-state index is 5.01. The first kappa shape index (κ1) is 14.6. The Labute approximate surface area is 109 Å². The van der Waals surface area contributed by atoms with Crippen molar-refractivity contribution in [2.75, 3.05) is 39.9 Å². The molecule has 98 valence electrons. The van der Waals surface area contributed by atoms with Crippen LogP contribution >= 0.6 is 11.3 Å². The summed E-state index contributed by atoms with van der Waals surface area (Å²) in [5.74, 6) is 0. The average molecular weight is 256 g/mol. The number of hydrogen-bond acceptors (Lipinski definition) is 4. The van der Waals surface area contributed by atoms with Crippen molar-refractivity contribution in [2.45, 2.75) is 19.9 Å². The summed E-state index contributed by atoms with van der Waals surface area (Å²) in [7, 11) is 1.75. The van der Waals surface area contributed by atoms with Gasteiger partial charge in [0, 0.05) is 38.2 Å². The molecule has 0 saturated carbocycles. The maximum atomic E-state index is 5.01. The van der Waals surface area contributed by atoms with Crippen molar-refractivity contribution in [3.8, 4) is 0 Å². The van der Waals surface area contributed by atoms with Gasteiger partial charge in [-0.1, -0.05) is 13.0 Å². The van der Waals surface area contributed by atoms with Gasteiger partial charge < -0.3 is 10.1 Å². The first-order valence-corrected chi connectivity index (χ1v) is 7.19. The van der Waals surface area contributed by atoms with Crippen molar-refractivity contribution >= 4 is 11.3 Å². The fourth-order valence-electron chi connectivity index (χ4n) is 1.68. The van der Waals surface area contributed by atoms with E-state index in [-0.39, 0.29) is 0 Å². The van der Waals surface area contributed by atoms with E-state index in [0.717, 1.165) is 45.8 Å². The molecule has 0 spiro atoms. The first-order chi connectivity index (χ1) is 8.36. The third-order valence-corrected chi connectivity index (χ3v) is 3.57. The van der Waals surface area contributed by atoms with Gasteiger partial charge in [-0.25, -0.2) is 0 Å². The zero-order chi connectivity index (χ0) is 12.3. The lowest BCUT2D eigenvalue weighted by Crippen LogP contribution is -2.32. The largest absolute Gasteiger partial charge is 0.385 e. The van der Waals surface area contributed by atoms with Crippen LogP contribution in [0.15, 0.2) is 17.5 Å². The highest BCUT2D eigenvalue weighted by Crippen LogP contribution is 2.11. The molecular weight excluding hydrogens is 232 g/mol. The molecule has 1 aromatic rings. The van der Waals surface area contributed by atoms with E-state index in [2.05, 4.69) is 34.7 Å². The van der Waals surface area contributed by atoms with E-state index in [4.69, 9.17) is 4.74 Å². The Morgan fingerprint density at radius 1 is 1.41 bits per heavy atom. The minimum absolute atomic E-state index is 0.847. The quantitative estimate of drug-likeness (QED) is 0.650. The Balaban J connectivity index is 2.06. The van der Waals surface area contributed by atoms with Crippen LogP contribution in [0.4, 0.5) is 0 Å². The molecule has 0 aliphatic carbocycles. The Bertz CT molecular complexity index is 264. The predicted octanol–water partition coefficient (Wildman–Crippen LogP) is 2.20. The highest BCUT2D eigenvalue weighted by molar-refractivity contribution is 7.09. The van der Waals surface area contributed by atoms with E-state index in [9.17, 15) is 0 Å². The number of likely N-dealkylation sites (N-methyl/N-ethyl adjacent to an activating group) is 1. The second-order valence-corrected chi connectivity index (χ2v) is 5.08. The molecule has 4 heteroatoms. The average Bonchev–Trinajstić information content (AvgIpc) is 2.85. The monoisotopic (exact) mass is 256 g/mol. The molecule has 17 heavy (non-hydrogen) atoms.